The van der Waals surface area contributed by atoms with E-state index in [1.807, 2.05) is 0 Å². The highest BCUT2D eigenvalue weighted by Crippen LogP contribution is 1.99. The molecule has 0 aromatic heterocycles. The standard InChI is InChI=1S/C10H20N2O4/c1-14-5-4-11-2-3-12-10(13)9-8-15-6-7-16-9/h9,11H,2-8H2,1H3,(H,12,13). The summed E-state index contributed by atoms with van der Waals surface area (Å²) in [5.74, 6) is -0.103. The van der Waals surface area contributed by atoms with E-state index in [-0.39, 0.29) is 5.91 Å². The number of ether oxygens (including phenoxy) is 3. The summed E-state index contributed by atoms with van der Waals surface area (Å²) in [5.41, 5.74) is 0. The number of carbonyl (C=O) groups is 1. The lowest BCUT2D eigenvalue weighted by Crippen LogP contribution is -2.44. The van der Waals surface area contributed by atoms with E-state index < -0.39 is 6.10 Å². The van der Waals surface area contributed by atoms with E-state index in [9.17, 15) is 4.79 Å². The van der Waals surface area contributed by atoms with Gasteiger partial charge in [-0.05, 0) is 0 Å². The van der Waals surface area contributed by atoms with Gasteiger partial charge in [0.2, 0.25) is 0 Å². The van der Waals surface area contributed by atoms with Crippen LogP contribution in [-0.4, -0.2) is 65.2 Å². The predicted molar refractivity (Wildman–Crippen MR) is 58.3 cm³/mol. The minimum atomic E-state index is -0.451. The van der Waals surface area contributed by atoms with E-state index in [0.717, 1.165) is 13.1 Å². The number of nitrogens with one attached hydrogen (secondary N) is 2. The molecule has 1 fully saturated rings. The molecule has 1 unspecified atom stereocenters. The van der Waals surface area contributed by atoms with E-state index in [0.29, 0.717) is 33.0 Å². The Morgan fingerprint density at radius 3 is 2.94 bits per heavy atom. The van der Waals surface area contributed by atoms with Gasteiger partial charge in [0.15, 0.2) is 6.10 Å². The second-order valence-corrected chi connectivity index (χ2v) is 3.47. The molecule has 1 aliphatic rings. The van der Waals surface area contributed by atoms with Crippen molar-refractivity contribution in [2.45, 2.75) is 6.10 Å². The van der Waals surface area contributed by atoms with Crippen LogP contribution < -0.4 is 10.6 Å². The molecule has 0 radical (unpaired) electrons. The van der Waals surface area contributed by atoms with Crippen LogP contribution in [0.25, 0.3) is 0 Å². The van der Waals surface area contributed by atoms with Crippen molar-refractivity contribution in [3.63, 3.8) is 0 Å². The minimum absolute atomic E-state index is 0.103. The predicted octanol–water partition coefficient (Wildman–Crippen LogP) is -1.25. The average molecular weight is 232 g/mol. The first-order chi connectivity index (χ1) is 7.84. The molecule has 0 saturated carbocycles. The molecule has 1 heterocycles. The topological polar surface area (TPSA) is 68.8 Å². The normalized spacial score (nSPS) is 20.7. The Morgan fingerprint density at radius 1 is 1.38 bits per heavy atom. The first-order valence-electron chi connectivity index (χ1n) is 5.51. The van der Waals surface area contributed by atoms with Crippen molar-refractivity contribution in [1.82, 2.24) is 10.6 Å². The van der Waals surface area contributed by atoms with Gasteiger partial charge in [-0.25, -0.2) is 0 Å². The van der Waals surface area contributed by atoms with Gasteiger partial charge in [-0.2, -0.15) is 0 Å². The molecule has 0 aromatic rings. The summed E-state index contributed by atoms with van der Waals surface area (Å²) >= 11 is 0. The fourth-order valence-corrected chi connectivity index (χ4v) is 1.33. The minimum Gasteiger partial charge on any atom is -0.383 e. The van der Waals surface area contributed by atoms with Gasteiger partial charge >= 0.3 is 0 Å². The maximum absolute atomic E-state index is 11.5. The highest BCUT2D eigenvalue weighted by atomic mass is 16.6. The third-order valence-corrected chi connectivity index (χ3v) is 2.19. The molecule has 1 aliphatic heterocycles. The smallest absolute Gasteiger partial charge is 0.251 e. The largest absolute Gasteiger partial charge is 0.383 e. The lowest BCUT2D eigenvalue weighted by atomic mass is 10.3. The molecular weight excluding hydrogens is 212 g/mol. The zero-order valence-corrected chi connectivity index (χ0v) is 9.66. The average Bonchev–Trinajstić information content (AvgIpc) is 2.34. The molecule has 16 heavy (non-hydrogen) atoms. The summed E-state index contributed by atoms with van der Waals surface area (Å²) in [5, 5.41) is 5.91. The van der Waals surface area contributed by atoms with E-state index in [1.165, 1.54) is 0 Å². The van der Waals surface area contributed by atoms with Gasteiger partial charge in [0.1, 0.15) is 0 Å². The zero-order chi connectivity index (χ0) is 11.6. The maximum atomic E-state index is 11.5. The van der Waals surface area contributed by atoms with Crippen LogP contribution in [0.5, 0.6) is 0 Å². The number of hydrogen-bond donors (Lipinski definition) is 2. The first-order valence-corrected chi connectivity index (χ1v) is 5.51. The molecule has 6 nitrogen and oxygen atoms in total. The van der Waals surface area contributed by atoms with E-state index in [1.54, 1.807) is 7.11 Å². The van der Waals surface area contributed by atoms with Crippen molar-refractivity contribution < 1.29 is 19.0 Å². The van der Waals surface area contributed by atoms with Gasteiger partial charge in [0, 0.05) is 26.7 Å². The summed E-state index contributed by atoms with van der Waals surface area (Å²) in [6.45, 7) is 4.18. The van der Waals surface area contributed by atoms with Gasteiger partial charge in [0.05, 0.1) is 26.4 Å². The van der Waals surface area contributed by atoms with Crippen LogP contribution in [0.15, 0.2) is 0 Å². The molecule has 6 heteroatoms. The van der Waals surface area contributed by atoms with Gasteiger partial charge < -0.3 is 24.8 Å². The number of carbonyl (C=O) groups excluding carboxylic acids is 1. The highest BCUT2D eigenvalue weighted by Gasteiger charge is 2.21. The van der Waals surface area contributed by atoms with E-state index >= 15 is 0 Å². The molecule has 2 N–H and O–H groups in total. The fraction of sp³-hybridized carbons (Fsp3) is 0.900. The third kappa shape index (κ3) is 5.41. The van der Waals surface area contributed by atoms with Crippen molar-refractivity contribution in [3.05, 3.63) is 0 Å². The molecule has 1 saturated heterocycles. The molecule has 0 aromatic carbocycles. The zero-order valence-electron chi connectivity index (χ0n) is 9.66. The molecule has 0 aliphatic carbocycles. The van der Waals surface area contributed by atoms with Gasteiger partial charge in [-0.3, -0.25) is 4.79 Å². The second kappa shape index (κ2) is 8.46. The highest BCUT2D eigenvalue weighted by molar-refractivity contribution is 5.80. The van der Waals surface area contributed by atoms with Crippen molar-refractivity contribution in [2.75, 3.05) is 53.2 Å². The van der Waals surface area contributed by atoms with Crippen LogP contribution in [0.2, 0.25) is 0 Å². The SMILES string of the molecule is COCCNCCNC(=O)C1COCCO1. The number of amides is 1. The van der Waals surface area contributed by atoms with Crippen LogP contribution in [0.4, 0.5) is 0 Å². The summed E-state index contributed by atoms with van der Waals surface area (Å²) in [4.78, 5) is 11.5. The molecule has 1 amide bonds. The van der Waals surface area contributed by atoms with Gasteiger partial charge in [-0.1, -0.05) is 0 Å². The first kappa shape index (κ1) is 13.4. The van der Waals surface area contributed by atoms with Crippen molar-refractivity contribution in [1.29, 1.82) is 0 Å². The van der Waals surface area contributed by atoms with E-state index in [2.05, 4.69) is 10.6 Å². The molecule has 0 spiro atoms. The van der Waals surface area contributed by atoms with Crippen LogP contribution in [-0.2, 0) is 19.0 Å². The Bertz CT molecular complexity index is 195. The number of rotatable bonds is 7. The Morgan fingerprint density at radius 2 is 2.25 bits per heavy atom. The Labute approximate surface area is 95.6 Å². The van der Waals surface area contributed by atoms with Crippen LogP contribution in [0, 0.1) is 0 Å². The monoisotopic (exact) mass is 232 g/mol. The summed E-state index contributed by atoms with van der Waals surface area (Å²) in [6, 6.07) is 0. The van der Waals surface area contributed by atoms with Crippen molar-refractivity contribution in [3.8, 4) is 0 Å². The molecule has 1 atom stereocenters. The van der Waals surface area contributed by atoms with Crippen molar-refractivity contribution >= 4 is 5.91 Å². The fourth-order valence-electron chi connectivity index (χ4n) is 1.33. The molecule has 0 bridgehead atoms. The lowest BCUT2D eigenvalue weighted by Gasteiger charge is -2.22. The Kier molecular flexibility index (Phi) is 7.07. The van der Waals surface area contributed by atoms with Crippen LogP contribution >= 0.6 is 0 Å². The summed E-state index contributed by atoms with van der Waals surface area (Å²) in [6.07, 6.45) is -0.451. The molecule has 94 valence electrons. The van der Waals surface area contributed by atoms with E-state index in [4.69, 9.17) is 14.2 Å². The molecular formula is C10H20N2O4. The van der Waals surface area contributed by atoms with Gasteiger partial charge in [-0.15, -0.1) is 0 Å². The summed E-state index contributed by atoms with van der Waals surface area (Å²) in [7, 11) is 1.66. The van der Waals surface area contributed by atoms with Crippen molar-refractivity contribution in [2.24, 2.45) is 0 Å². The molecule has 1 rings (SSSR count). The maximum Gasteiger partial charge on any atom is 0.251 e. The third-order valence-electron chi connectivity index (χ3n) is 2.19. The number of hydrogen-bond acceptors (Lipinski definition) is 5. The van der Waals surface area contributed by atoms with Gasteiger partial charge in [0.25, 0.3) is 5.91 Å². The van der Waals surface area contributed by atoms with Crippen LogP contribution in [0.3, 0.4) is 0 Å². The summed E-state index contributed by atoms with van der Waals surface area (Å²) < 4.78 is 15.3. The Balaban J connectivity index is 1.97. The lowest BCUT2D eigenvalue weighted by molar-refractivity contribution is -0.147. The number of methoxy groups -OCH3 is 1. The quantitative estimate of drug-likeness (QED) is 0.537. The second-order valence-electron chi connectivity index (χ2n) is 3.47. The Hall–Kier alpha value is -0.690. The van der Waals surface area contributed by atoms with Crippen LogP contribution in [0.1, 0.15) is 0 Å².